The summed E-state index contributed by atoms with van der Waals surface area (Å²) in [6.45, 7) is 3.20. The van der Waals surface area contributed by atoms with Crippen LogP contribution in [-0.4, -0.2) is 36.5 Å². The molecule has 1 aliphatic heterocycles. The molecule has 0 aromatic heterocycles. The number of carbonyl (C=O) groups excluding carboxylic acids is 1. The van der Waals surface area contributed by atoms with Crippen molar-refractivity contribution in [3.63, 3.8) is 0 Å². The van der Waals surface area contributed by atoms with E-state index in [4.69, 9.17) is 16.3 Å². The quantitative estimate of drug-likeness (QED) is 0.670. The summed E-state index contributed by atoms with van der Waals surface area (Å²) in [7, 11) is 0. The highest BCUT2D eigenvalue weighted by Gasteiger charge is 2.26. The number of hydrogen-bond acceptors (Lipinski definition) is 3. The molecule has 4 nitrogen and oxygen atoms in total. The van der Waals surface area contributed by atoms with E-state index in [0.29, 0.717) is 29.0 Å². The summed E-state index contributed by atoms with van der Waals surface area (Å²) in [6, 6.07) is 15.6. The normalized spacial score (nSPS) is 16.9. The molecule has 1 heterocycles. The van der Waals surface area contributed by atoms with Crippen LogP contribution in [0.3, 0.4) is 0 Å². The van der Waals surface area contributed by atoms with E-state index in [-0.39, 0.29) is 18.3 Å². The van der Waals surface area contributed by atoms with Gasteiger partial charge in [0.2, 0.25) is 0 Å². The highest BCUT2D eigenvalue weighted by atomic mass is 35.5. The average molecular weight is 435 g/mol. The highest BCUT2D eigenvalue weighted by Crippen LogP contribution is 2.28. The SMILES string of the molecule is Cl.O=C(c1cccc(OCc2cccc(Cl)c2)c1)N1CCC(NCC2CC2)CC1. The van der Waals surface area contributed by atoms with Gasteiger partial charge < -0.3 is 15.0 Å². The summed E-state index contributed by atoms with van der Waals surface area (Å²) >= 11 is 6.02. The Kier molecular flexibility index (Phi) is 7.82. The topological polar surface area (TPSA) is 41.6 Å². The molecular weight excluding hydrogens is 407 g/mol. The van der Waals surface area contributed by atoms with Crippen molar-refractivity contribution >= 4 is 29.9 Å². The molecule has 156 valence electrons. The number of carbonyl (C=O) groups is 1. The number of halogens is 2. The molecule has 0 bridgehead atoms. The van der Waals surface area contributed by atoms with E-state index < -0.39 is 0 Å². The average Bonchev–Trinajstić information content (AvgIpc) is 3.55. The van der Waals surface area contributed by atoms with E-state index >= 15 is 0 Å². The van der Waals surface area contributed by atoms with Crippen LogP contribution in [-0.2, 0) is 6.61 Å². The zero-order valence-corrected chi connectivity index (χ0v) is 18.1. The first kappa shape index (κ1) is 21.9. The summed E-state index contributed by atoms with van der Waals surface area (Å²) in [5.74, 6) is 1.69. The number of ether oxygens (including phenoxy) is 1. The molecule has 29 heavy (non-hydrogen) atoms. The Balaban J connectivity index is 0.00000240. The van der Waals surface area contributed by atoms with Crippen molar-refractivity contribution < 1.29 is 9.53 Å². The maximum absolute atomic E-state index is 12.9. The first-order chi connectivity index (χ1) is 13.7. The monoisotopic (exact) mass is 434 g/mol. The Morgan fingerprint density at radius 2 is 1.83 bits per heavy atom. The van der Waals surface area contributed by atoms with Crippen LogP contribution < -0.4 is 10.1 Å². The van der Waals surface area contributed by atoms with Crippen molar-refractivity contribution in [2.45, 2.75) is 38.3 Å². The van der Waals surface area contributed by atoms with Crippen molar-refractivity contribution in [3.05, 3.63) is 64.7 Å². The lowest BCUT2D eigenvalue weighted by atomic mass is 10.0. The van der Waals surface area contributed by atoms with Crippen LogP contribution >= 0.6 is 24.0 Å². The fourth-order valence-electron chi connectivity index (χ4n) is 3.64. The van der Waals surface area contributed by atoms with Gasteiger partial charge in [-0.05, 0) is 74.0 Å². The van der Waals surface area contributed by atoms with Gasteiger partial charge in [0.25, 0.3) is 5.91 Å². The van der Waals surface area contributed by atoms with Gasteiger partial charge in [-0.25, -0.2) is 0 Å². The zero-order valence-electron chi connectivity index (χ0n) is 16.5. The first-order valence-corrected chi connectivity index (χ1v) is 10.5. The number of nitrogens with zero attached hydrogens (tertiary/aromatic N) is 1. The minimum Gasteiger partial charge on any atom is -0.489 e. The van der Waals surface area contributed by atoms with E-state index in [1.165, 1.54) is 12.8 Å². The van der Waals surface area contributed by atoms with Crippen molar-refractivity contribution in [1.82, 2.24) is 10.2 Å². The van der Waals surface area contributed by atoms with E-state index in [2.05, 4.69) is 5.32 Å². The van der Waals surface area contributed by atoms with Gasteiger partial charge in [0.1, 0.15) is 12.4 Å². The van der Waals surface area contributed by atoms with Gasteiger partial charge in [0.15, 0.2) is 0 Å². The lowest BCUT2D eigenvalue weighted by Gasteiger charge is -2.32. The number of amides is 1. The van der Waals surface area contributed by atoms with Gasteiger partial charge in [0, 0.05) is 29.7 Å². The van der Waals surface area contributed by atoms with Gasteiger partial charge in [0.05, 0.1) is 0 Å². The number of piperidine rings is 1. The van der Waals surface area contributed by atoms with E-state index in [9.17, 15) is 4.79 Å². The Morgan fingerprint density at radius 3 is 2.55 bits per heavy atom. The van der Waals surface area contributed by atoms with Crippen molar-refractivity contribution in [2.75, 3.05) is 19.6 Å². The van der Waals surface area contributed by atoms with Gasteiger partial charge in [-0.15, -0.1) is 12.4 Å². The Hall–Kier alpha value is -1.75. The molecule has 1 N–H and O–H groups in total. The molecule has 0 spiro atoms. The maximum atomic E-state index is 12.9. The predicted molar refractivity (Wildman–Crippen MR) is 119 cm³/mol. The van der Waals surface area contributed by atoms with Crippen LogP contribution in [0.4, 0.5) is 0 Å². The minimum atomic E-state index is 0. The molecule has 2 fully saturated rings. The number of rotatable bonds is 7. The molecule has 1 aliphatic carbocycles. The van der Waals surface area contributed by atoms with E-state index in [1.807, 2.05) is 53.4 Å². The molecular formula is C23H28Cl2N2O2. The minimum absolute atomic E-state index is 0. The Labute approximate surface area is 184 Å². The van der Waals surface area contributed by atoms with Crippen molar-refractivity contribution in [3.8, 4) is 5.75 Å². The second kappa shape index (κ2) is 10.3. The second-order valence-corrected chi connectivity index (χ2v) is 8.30. The van der Waals surface area contributed by atoms with Gasteiger partial charge >= 0.3 is 0 Å². The van der Waals surface area contributed by atoms with E-state index in [0.717, 1.165) is 44.0 Å². The van der Waals surface area contributed by atoms with Crippen LogP contribution in [0.15, 0.2) is 48.5 Å². The third-order valence-corrected chi connectivity index (χ3v) is 5.78. The van der Waals surface area contributed by atoms with Crippen LogP contribution in [0.2, 0.25) is 5.02 Å². The molecule has 2 aliphatic rings. The molecule has 2 aromatic carbocycles. The molecule has 2 aromatic rings. The maximum Gasteiger partial charge on any atom is 0.253 e. The summed E-state index contributed by atoms with van der Waals surface area (Å²) < 4.78 is 5.86. The number of nitrogens with one attached hydrogen (secondary N) is 1. The highest BCUT2D eigenvalue weighted by molar-refractivity contribution is 6.30. The third kappa shape index (κ3) is 6.36. The van der Waals surface area contributed by atoms with Gasteiger partial charge in [-0.2, -0.15) is 0 Å². The second-order valence-electron chi connectivity index (χ2n) is 7.86. The summed E-state index contributed by atoms with van der Waals surface area (Å²) in [6.07, 6.45) is 4.81. The molecule has 0 atom stereocenters. The van der Waals surface area contributed by atoms with Crippen LogP contribution in [0, 0.1) is 5.92 Å². The van der Waals surface area contributed by atoms with E-state index in [1.54, 1.807) is 0 Å². The van der Waals surface area contributed by atoms with Gasteiger partial charge in [-0.3, -0.25) is 4.79 Å². The predicted octanol–water partition coefficient (Wildman–Crippen LogP) is 4.95. The fourth-order valence-corrected chi connectivity index (χ4v) is 3.85. The van der Waals surface area contributed by atoms with Gasteiger partial charge in [-0.1, -0.05) is 29.8 Å². The van der Waals surface area contributed by atoms with Crippen molar-refractivity contribution in [2.24, 2.45) is 5.92 Å². The number of likely N-dealkylation sites (tertiary alicyclic amines) is 1. The Morgan fingerprint density at radius 1 is 1.07 bits per heavy atom. The van der Waals surface area contributed by atoms with Crippen LogP contribution in [0.25, 0.3) is 0 Å². The number of hydrogen-bond donors (Lipinski definition) is 1. The fraction of sp³-hybridized carbons (Fsp3) is 0.435. The molecule has 1 saturated carbocycles. The van der Waals surface area contributed by atoms with Crippen LogP contribution in [0.5, 0.6) is 5.75 Å². The lowest BCUT2D eigenvalue weighted by Crippen LogP contribution is -2.45. The molecule has 4 rings (SSSR count). The molecule has 0 radical (unpaired) electrons. The smallest absolute Gasteiger partial charge is 0.253 e. The molecule has 1 saturated heterocycles. The standard InChI is InChI=1S/C23H27ClN2O2.ClH/c24-20-5-1-3-18(13-20)16-28-22-6-2-4-19(14-22)23(27)26-11-9-21(10-12-26)25-15-17-7-8-17;/h1-6,13-14,17,21,25H,7-12,15-16H2;1H. The summed E-state index contributed by atoms with van der Waals surface area (Å²) in [4.78, 5) is 14.8. The van der Waals surface area contributed by atoms with Crippen LogP contribution in [0.1, 0.15) is 41.6 Å². The van der Waals surface area contributed by atoms with Crippen molar-refractivity contribution in [1.29, 1.82) is 0 Å². The third-order valence-electron chi connectivity index (χ3n) is 5.55. The summed E-state index contributed by atoms with van der Waals surface area (Å²) in [5.41, 5.74) is 1.69. The first-order valence-electron chi connectivity index (χ1n) is 10.2. The zero-order chi connectivity index (χ0) is 19.3. The summed E-state index contributed by atoms with van der Waals surface area (Å²) in [5, 5.41) is 4.36. The lowest BCUT2D eigenvalue weighted by molar-refractivity contribution is 0.0704. The molecule has 0 unspecified atom stereocenters. The number of benzene rings is 2. The largest absolute Gasteiger partial charge is 0.489 e. The molecule has 1 amide bonds. The molecule has 6 heteroatoms. The Bertz CT molecular complexity index is 818.